The number of ether oxygens (including phenoxy) is 1. The van der Waals surface area contributed by atoms with E-state index in [4.69, 9.17) is 4.74 Å². The van der Waals surface area contributed by atoms with Crippen LogP contribution in [0.5, 0.6) is 5.75 Å². The van der Waals surface area contributed by atoms with Gasteiger partial charge < -0.3 is 10.1 Å². The summed E-state index contributed by atoms with van der Waals surface area (Å²) >= 11 is 0. The van der Waals surface area contributed by atoms with Gasteiger partial charge in [0.15, 0.2) is 0 Å². The molecular weight excluding hydrogens is 238 g/mol. The second-order valence-corrected chi connectivity index (χ2v) is 4.29. The highest BCUT2D eigenvalue weighted by Gasteiger charge is 2.06. The second-order valence-electron chi connectivity index (χ2n) is 4.29. The number of rotatable bonds is 6. The van der Waals surface area contributed by atoms with Crippen LogP contribution in [0.4, 0.5) is 5.69 Å². The minimum atomic E-state index is 0.483. The van der Waals surface area contributed by atoms with Gasteiger partial charge in [0.2, 0.25) is 0 Å². The van der Waals surface area contributed by atoms with Gasteiger partial charge in [-0.15, -0.1) is 0 Å². The number of allylic oxidation sites excluding steroid dienone is 1. The number of hydrogen-bond donors (Lipinski definition) is 2. The van der Waals surface area contributed by atoms with Crippen LogP contribution in [0.25, 0.3) is 5.57 Å². The van der Waals surface area contributed by atoms with E-state index < -0.39 is 0 Å². The lowest BCUT2D eigenvalue weighted by molar-refractivity contribution is 0.301. The van der Waals surface area contributed by atoms with Gasteiger partial charge >= 0.3 is 0 Å². The van der Waals surface area contributed by atoms with Crippen LogP contribution in [-0.2, 0) is 6.61 Å². The lowest BCUT2D eigenvalue weighted by Gasteiger charge is -2.13. The number of aromatic nitrogens is 2. The molecule has 0 radical (unpaired) electrons. The number of aromatic amines is 1. The zero-order chi connectivity index (χ0) is 13.7. The Morgan fingerprint density at radius 1 is 1.42 bits per heavy atom. The van der Waals surface area contributed by atoms with Crippen molar-refractivity contribution in [2.75, 3.05) is 12.4 Å². The molecular formula is C15H19N3O. The van der Waals surface area contributed by atoms with E-state index in [1.807, 2.05) is 31.3 Å². The van der Waals surface area contributed by atoms with E-state index in [2.05, 4.69) is 29.0 Å². The predicted molar refractivity (Wildman–Crippen MR) is 78.2 cm³/mol. The molecule has 2 rings (SSSR count). The van der Waals surface area contributed by atoms with E-state index >= 15 is 0 Å². The lowest BCUT2D eigenvalue weighted by Crippen LogP contribution is -1.99. The average molecular weight is 257 g/mol. The molecule has 0 spiro atoms. The number of hydrogen-bond acceptors (Lipinski definition) is 3. The normalized spacial score (nSPS) is 10.2. The van der Waals surface area contributed by atoms with Crippen molar-refractivity contribution in [3.8, 4) is 5.75 Å². The van der Waals surface area contributed by atoms with E-state index in [9.17, 15) is 0 Å². The van der Waals surface area contributed by atoms with Crippen molar-refractivity contribution in [3.63, 3.8) is 0 Å². The van der Waals surface area contributed by atoms with Crippen molar-refractivity contribution in [2.24, 2.45) is 0 Å². The van der Waals surface area contributed by atoms with E-state index in [0.717, 1.165) is 34.7 Å². The maximum Gasteiger partial charge on any atom is 0.130 e. The quantitative estimate of drug-likeness (QED) is 0.833. The van der Waals surface area contributed by atoms with Gasteiger partial charge in [-0.3, -0.25) is 5.10 Å². The van der Waals surface area contributed by atoms with Crippen molar-refractivity contribution in [1.29, 1.82) is 0 Å². The second kappa shape index (κ2) is 6.09. The lowest BCUT2D eigenvalue weighted by atomic mass is 10.0. The standard InChI is InChI=1S/C15H19N3O/c1-4-11(2)14-9-13(5-6-15(14)16-3)19-10-12-7-8-17-18-12/h5-9,16H,2,4,10H2,1,3H3,(H,17,18). The Kier molecular flexibility index (Phi) is 4.23. The smallest absolute Gasteiger partial charge is 0.130 e. The number of nitrogens with zero attached hydrogens (tertiary/aromatic N) is 1. The largest absolute Gasteiger partial charge is 0.487 e. The van der Waals surface area contributed by atoms with Crippen LogP contribution in [0.3, 0.4) is 0 Å². The first-order valence-corrected chi connectivity index (χ1v) is 6.35. The topological polar surface area (TPSA) is 49.9 Å². The molecule has 0 fully saturated rings. The van der Waals surface area contributed by atoms with Crippen LogP contribution in [0.1, 0.15) is 24.6 Å². The number of H-pyrrole nitrogens is 1. The molecule has 0 atom stereocenters. The summed E-state index contributed by atoms with van der Waals surface area (Å²) in [5.74, 6) is 0.832. The summed E-state index contributed by atoms with van der Waals surface area (Å²) in [5, 5.41) is 9.94. The van der Waals surface area contributed by atoms with E-state index in [1.54, 1.807) is 6.20 Å². The molecule has 0 saturated heterocycles. The molecule has 2 N–H and O–H groups in total. The number of nitrogens with one attached hydrogen (secondary N) is 2. The van der Waals surface area contributed by atoms with Crippen LogP contribution in [0, 0.1) is 0 Å². The first-order chi connectivity index (χ1) is 9.24. The number of benzene rings is 1. The summed E-state index contributed by atoms with van der Waals surface area (Å²) in [7, 11) is 1.91. The highest BCUT2D eigenvalue weighted by molar-refractivity contribution is 5.76. The SMILES string of the molecule is C=C(CC)c1cc(OCc2ccn[nH]2)ccc1NC. The molecule has 2 aromatic rings. The molecule has 0 unspecified atom stereocenters. The van der Waals surface area contributed by atoms with Gasteiger partial charge in [-0.05, 0) is 36.3 Å². The molecule has 1 heterocycles. The summed E-state index contributed by atoms with van der Waals surface area (Å²) in [5.41, 5.74) is 4.22. The Balaban J connectivity index is 2.15. The molecule has 19 heavy (non-hydrogen) atoms. The fraction of sp³-hybridized carbons (Fsp3) is 0.267. The zero-order valence-corrected chi connectivity index (χ0v) is 11.4. The minimum Gasteiger partial charge on any atom is -0.487 e. The Morgan fingerprint density at radius 3 is 2.89 bits per heavy atom. The van der Waals surface area contributed by atoms with Crippen molar-refractivity contribution in [3.05, 3.63) is 48.3 Å². The maximum absolute atomic E-state index is 5.75. The molecule has 0 aliphatic rings. The third-order valence-electron chi connectivity index (χ3n) is 3.02. The van der Waals surface area contributed by atoms with Gasteiger partial charge in [0, 0.05) is 24.5 Å². The molecule has 0 aliphatic heterocycles. The third kappa shape index (κ3) is 3.16. The molecule has 100 valence electrons. The first kappa shape index (κ1) is 13.2. The van der Waals surface area contributed by atoms with Gasteiger partial charge in [0.25, 0.3) is 0 Å². The minimum absolute atomic E-state index is 0.483. The summed E-state index contributed by atoms with van der Waals surface area (Å²) in [6.45, 7) is 6.67. The van der Waals surface area contributed by atoms with Crippen LogP contribution in [-0.4, -0.2) is 17.2 Å². The third-order valence-corrected chi connectivity index (χ3v) is 3.02. The molecule has 0 saturated carbocycles. The Morgan fingerprint density at radius 2 is 2.26 bits per heavy atom. The van der Waals surface area contributed by atoms with Crippen molar-refractivity contribution in [2.45, 2.75) is 20.0 Å². The van der Waals surface area contributed by atoms with Crippen molar-refractivity contribution < 1.29 is 4.74 Å². The molecule has 4 nitrogen and oxygen atoms in total. The van der Waals surface area contributed by atoms with Gasteiger partial charge in [-0.2, -0.15) is 5.10 Å². The fourth-order valence-electron chi connectivity index (χ4n) is 1.84. The van der Waals surface area contributed by atoms with Crippen LogP contribution in [0.2, 0.25) is 0 Å². The Labute approximate surface area is 113 Å². The molecule has 4 heteroatoms. The van der Waals surface area contributed by atoms with Crippen LogP contribution >= 0.6 is 0 Å². The maximum atomic E-state index is 5.75. The van der Waals surface area contributed by atoms with Crippen LogP contribution < -0.4 is 10.1 Å². The van der Waals surface area contributed by atoms with Gasteiger partial charge in [0.1, 0.15) is 12.4 Å². The van der Waals surface area contributed by atoms with Crippen LogP contribution in [0.15, 0.2) is 37.0 Å². The molecule has 0 bridgehead atoms. The monoisotopic (exact) mass is 257 g/mol. The van der Waals surface area contributed by atoms with Gasteiger partial charge in [-0.25, -0.2) is 0 Å². The Hall–Kier alpha value is -2.23. The van der Waals surface area contributed by atoms with Crippen molar-refractivity contribution in [1.82, 2.24) is 10.2 Å². The fourth-order valence-corrected chi connectivity index (χ4v) is 1.84. The summed E-state index contributed by atoms with van der Waals surface area (Å²) in [4.78, 5) is 0. The summed E-state index contributed by atoms with van der Waals surface area (Å²) in [6, 6.07) is 7.88. The highest BCUT2D eigenvalue weighted by Crippen LogP contribution is 2.29. The Bertz CT molecular complexity index is 547. The zero-order valence-electron chi connectivity index (χ0n) is 11.4. The molecule has 0 amide bonds. The molecule has 1 aromatic heterocycles. The van der Waals surface area contributed by atoms with E-state index in [1.165, 1.54) is 0 Å². The number of anilines is 1. The first-order valence-electron chi connectivity index (χ1n) is 6.35. The summed E-state index contributed by atoms with van der Waals surface area (Å²) < 4.78 is 5.75. The molecule has 0 aliphatic carbocycles. The predicted octanol–water partition coefficient (Wildman–Crippen LogP) is 3.45. The molecule has 1 aromatic carbocycles. The van der Waals surface area contributed by atoms with Crippen molar-refractivity contribution >= 4 is 11.3 Å². The van der Waals surface area contributed by atoms with E-state index in [0.29, 0.717) is 6.61 Å². The average Bonchev–Trinajstić information content (AvgIpc) is 2.97. The summed E-state index contributed by atoms with van der Waals surface area (Å²) in [6.07, 6.45) is 2.63. The highest BCUT2D eigenvalue weighted by atomic mass is 16.5. The van der Waals surface area contributed by atoms with Gasteiger partial charge in [0.05, 0.1) is 5.69 Å². The van der Waals surface area contributed by atoms with E-state index in [-0.39, 0.29) is 0 Å². The van der Waals surface area contributed by atoms with Gasteiger partial charge in [-0.1, -0.05) is 13.5 Å².